The third-order valence-corrected chi connectivity index (χ3v) is 6.46. The number of esters is 1. The minimum atomic E-state index is -1.01. The first-order valence-electron chi connectivity index (χ1n) is 10.8. The summed E-state index contributed by atoms with van der Waals surface area (Å²) < 4.78 is 25.5. The maximum absolute atomic E-state index is 14.6. The minimum absolute atomic E-state index is 0.110. The molecule has 176 valence electrons. The zero-order valence-electron chi connectivity index (χ0n) is 18.0. The van der Waals surface area contributed by atoms with Gasteiger partial charge >= 0.3 is 11.9 Å². The lowest BCUT2D eigenvalue weighted by molar-refractivity contribution is -0.144. The maximum Gasteiger partial charge on any atom is 0.340 e. The van der Waals surface area contributed by atoms with Gasteiger partial charge in [-0.15, -0.1) is 0 Å². The van der Waals surface area contributed by atoms with Crippen LogP contribution in [0.1, 0.15) is 59.1 Å². The standard InChI is InChI=1S/C24H24Cl2FNO5/c1-32-24(31)19-10-18(13-4-5-13)21(11-20(19)27)33-17-3-2-6-28(12-17)22(23(29)30)14-7-15(25)9-16(26)8-14/h7-11,13,17,22H,2-6,12H2,1H3,(H,29,30)/t17-,22?/m1/s1. The lowest BCUT2D eigenvalue weighted by Gasteiger charge is -2.37. The third kappa shape index (κ3) is 5.42. The average molecular weight is 496 g/mol. The molecule has 0 aromatic heterocycles. The molecular weight excluding hydrogens is 472 g/mol. The molecule has 2 aromatic carbocycles. The van der Waals surface area contributed by atoms with Gasteiger partial charge in [0, 0.05) is 22.7 Å². The molecular formula is C24H24Cl2FNO5. The van der Waals surface area contributed by atoms with Crippen LogP contribution in [0.3, 0.4) is 0 Å². The molecule has 1 heterocycles. The van der Waals surface area contributed by atoms with Crippen LogP contribution in [-0.4, -0.2) is 48.2 Å². The zero-order chi connectivity index (χ0) is 23.7. The second kappa shape index (κ2) is 9.87. The highest BCUT2D eigenvalue weighted by molar-refractivity contribution is 6.34. The van der Waals surface area contributed by atoms with Crippen LogP contribution in [0.25, 0.3) is 0 Å². The molecule has 0 spiro atoms. The van der Waals surface area contributed by atoms with Crippen molar-refractivity contribution in [3.63, 3.8) is 0 Å². The number of methoxy groups -OCH3 is 1. The van der Waals surface area contributed by atoms with Crippen LogP contribution in [0.5, 0.6) is 5.75 Å². The summed E-state index contributed by atoms with van der Waals surface area (Å²) in [6, 6.07) is 6.58. The third-order valence-electron chi connectivity index (χ3n) is 6.02. The van der Waals surface area contributed by atoms with Gasteiger partial charge in [-0.2, -0.15) is 0 Å². The molecule has 2 aliphatic rings. The second-order valence-corrected chi connectivity index (χ2v) is 9.33. The Hall–Kier alpha value is -2.35. The molecule has 1 saturated heterocycles. The Morgan fingerprint density at radius 3 is 2.42 bits per heavy atom. The van der Waals surface area contributed by atoms with Crippen molar-refractivity contribution >= 4 is 35.1 Å². The van der Waals surface area contributed by atoms with E-state index in [4.69, 9.17) is 27.9 Å². The number of likely N-dealkylation sites (tertiary alicyclic amines) is 1. The van der Waals surface area contributed by atoms with Gasteiger partial charge < -0.3 is 14.6 Å². The normalized spacial score (nSPS) is 19.7. The molecule has 2 aromatic rings. The van der Waals surface area contributed by atoms with E-state index in [1.54, 1.807) is 18.2 Å². The van der Waals surface area contributed by atoms with E-state index in [2.05, 4.69) is 4.74 Å². The molecule has 33 heavy (non-hydrogen) atoms. The number of piperidine rings is 1. The fourth-order valence-corrected chi connectivity index (χ4v) is 4.92. The van der Waals surface area contributed by atoms with E-state index in [1.807, 2.05) is 4.90 Å². The molecule has 0 bridgehead atoms. The Bertz CT molecular complexity index is 1050. The van der Waals surface area contributed by atoms with Crippen LogP contribution >= 0.6 is 23.2 Å². The number of halogens is 3. The van der Waals surface area contributed by atoms with E-state index in [9.17, 15) is 19.1 Å². The van der Waals surface area contributed by atoms with E-state index >= 15 is 0 Å². The fourth-order valence-electron chi connectivity index (χ4n) is 4.37. The number of ether oxygens (including phenoxy) is 2. The quantitative estimate of drug-likeness (QED) is 0.513. The average Bonchev–Trinajstić information content (AvgIpc) is 3.58. The van der Waals surface area contributed by atoms with Gasteiger partial charge in [0.25, 0.3) is 0 Å². The van der Waals surface area contributed by atoms with Gasteiger partial charge in [0.15, 0.2) is 0 Å². The van der Waals surface area contributed by atoms with E-state index in [0.717, 1.165) is 18.4 Å². The summed E-state index contributed by atoms with van der Waals surface area (Å²) in [5.41, 5.74) is 1.17. The van der Waals surface area contributed by atoms with Crippen LogP contribution in [-0.2, 0) is 9.53 Å². The van der Waals surface area contributed by atoms with Gasteiger partial charge in [0.2, 0.25) is 0 Å². The largest absolute Gasteiger partial charge is 0.489 e. The number of aliphatic carboxylic acids is 1. The van der Waals surface area contributed by atoms with E-state index < -0.39 is 23.8 Å². The predicted molar refractivity (Wildman–Crippen MR) is 122 cm³/mol. The number of carboxylic acids is 1. The minimum Gasteiger partial charge on any atom is -0.489 e. The number of hydrogen-bond acceptors (Lipinski definition) is 5. The van der Waals surface area contributed by atoms with Gasteiger partial charge in [0.1, 0.15) is 23.7 Å². The first-order valence-corrected chi connectivity index (χ1v) is 11.5. The highest BCUT2D eigenvalue weighted by Crippen LogP contribution is 2.45. The number of hydrogen-bond donors (Lipinski definition) is 1. The molecule has 1 unspecified atom stereocenters. The van der Waals surface area contributed by atoms with Crippen molar-refractivity contribution in [2.45, 2.75) is 43.7 Å². The van der Waals surface area contributed by atoms with E-state index in [0.29, 0.717) is 47.3 Å². The molecule has 1 N–H and O–H groups in total. The Balaban J connectivity index is 1.57. The predicted octanol–water partition coefficient (Wildman–Crippen LogP) is 5.47. The first kappa shape index (κ1) is 23.8. The van der Waals surface area contributed by atoms with Crippen LogP contribution in [0.15, 0.2) is 30.3 Å². The number of carbonyl (C=O) groups is 2. The molecule has 0 amide bonds. The van der Waals surface area contributed by atoms with Crippen LogP contribution in [0.4, 0.5) is 4.39 Å². The molecule has 1 aliphatic carbocycles. The van der Waals surface area contributed by atoms with Gasteiger partial charge in [-0.05, 0) is 73.5 Å². The molecule has 2 fully saturated rings. The van der Waals surface area contributed by atoms with Crippen molar-refractivity contribution in [2.75, 3.05) is 20.2 Å². The lowest BCUT2D eigenvalue weighted by Crippen LogP contribution is -2.45. The molecule has 1 saturated carbocycles. The zero-order valence-corrected chi connectivity index (χ0v) is 19.5. The Kier molecular flexibility index (Phi) is 7.12. The van der Waals surface area contributed by atoms with Crippen LogP contribution < -0.4 is 4.74 Å². The van der Waals surface area contributed by atoms with Gasteiger partial charge in [-0.3, -0.25) is 9.69 Å². The van der Waals surface area contributed by atoms with E-state index in [1.165, 1.54) is 19.2 Å². The second-order valence-electron chi connectivity index (χ2n) is 8.46. The number of carboxylic acid groups (broad SMARTS) is 1. The summed E-state index contributed by atoms with van der Waals surface area (Å²) in [5, 5.41) is 10.7. The lowest BCUT2D eigenvalue weighted by atomic mass is 10.00. The summed E-state index contributed by atoms with van der Waals surface area (Å²) in [7, 11) is 1.21. The topological polar surface area (TPSA) is 76.1 Å². The van der Waals surface area contributed by atoms with Crippen molar-refractivity contribution in [2.24, 2.45) is 0 Å². The Morgan fingerprint density at radius 2 is 1.82 bits per heavy atom. The Labute approximate surface area is 201 Å². The smallest absolute Gasteiger partial charge is 0.340 e. The van der Waals surface area contributed by atoms with Crippen LogP contribution in [0, 0.1) is 5.82 Å². The van der Waals surface area contributed by atoms with Crippen molar-refractivity contribution in [3.8, 4) is 5.75 Å². The van der Waals surface area contributed by atoms with E-state index in [-0.39, 0.29) is 17.6 Å². The summed E-state index contributed by atoms with van der Waals surface area (Å²) >= 11 is 12.2. The molecule has 0 radical (unpaired) electrons. The first-order chi connectivity index (χ1) is 15.8. The van der Waals surface area contributed by atoms with Gasteiger partial charge in [-0.1, -0.05) is 23.2 Å². The number of nitrogens with zero attached hydrogens (tertiary/aromatic N) is 1. The summed E-state index contributed by atoms with van der Waals surface area (Å²) in [6.45, 7) is 0.900. The van der Waals surface area contributed by atoms with Crippen molar-refractivity contribution in [1.29, 1.82) is 0 Å². The SMILES string of the molecule is COC(=O)c1cc(C2CC2)c(O[C@@H]2CCCN(C(C(=O)O)c3cc(Cl)cc(Cl)c3)C2)cc1F. The summed E-state index contributed by atoms with van der Waals surface area (Å²) in [4.78, 5) is 25.9. The molecule has 4 rings (SSSR count). The van der Waals surface area contributed by atoms with Crippen molar-refractivity contribution < 1.29 is 28.6 Å². The Morgan fingerprint density at radius 1 is 1.12 bits per heavy atom. The highest BCUT2D eigenvalue weighted by atomic mass is 35.5. The van der Waals surface area contributed by atoms with Crippen molar-refractivity contribution in [1.82, 2.24) is 4.90 Å². The van der Waals surface area contributed by atoms with Gasteiger partial charge in [0.05, 0.1) is 12.7 Å². The summed E-state index contributed by atoms with van der Waals surface area (Å²) in [5.74, 6) is -1.84. The number of rotatable bonds is 7. The molecule has 1 aliphatic heterocycles. The van der Waals surface area contributed by atoms with Crippen molar-refractivity contribution in [3.05, 3.63) is 62.9 Å². The molecule has 2 atom stereocenters. The monoisotopic (exact) mass is 495 g/mol. The van der Waals surface area contributed by atoms with Crippen LogP contribution in [0.2, 0.25) is 10.0 Å². The number of benzene rings is 2. The number of carbonyl (C=O) groups excluding carboxylic acids is 1. The molecule has 6 nitrogen and oxygen atoms in total. The summed E-state index contributed by atoms with van der Waals surface area (Å²) in [6.07, 6.45) is 2.95. The highest BCUT2D eigenvalue weighted by Gasteiger charge is 2.35. The molecule has 9 heteroatoms. The fraction of sp³-hybridized carbons (Fsp3) is 0.417. The maximum atomic E-state index is 14.6. The van der Waals surface area contributed by atoms with Gasteiger partial charge in [-0.25, -0.2) is 9.18 Å².